The maximum atomic E-state index is 6.05. The number of para-hydroxylation sites is 1. The molecule has 0 saturated carbocycles. The SMILES string of the molecule is CC1C=CCC(CN=C(N)n2nnc3ccccc32)=CC1. The highest BCUT2D eigenvalue weighted by atomic mass is 15.5. The molecule has 1 aromatic heterocycles. The van der Waals surface area contributed by atoms with Crippen LogP contribution in [0.15, 0.2) is 53.1 Å². The molecule has 0 spiro atoms. The molecular weight excluding hydrogens is 262 g/mol. The summed E-state index contributed by atoms with van der Waals surface area (Å²) in [6.45, 7) is 2.83. The highest BCUT2D eigenvalue weighted by Crippen LogP contribution is 2.16. The molecule has 0 aliphatic heterocycles. The van der Waals surface area contributed by atoms with Crippen LogP contribution >= 0.6 is 0 Å². The van der Waals surface area contributed by atoms with E-state index < -0.39 is 0 Å². The van der Waals surface area contributed by atoms with Gasteiger partial charge in [0.1, 0.15) is 5.52 Å². The largest absolute Gasteiger partial charge is 0.368 e. The summed E-state index contributed by atoms with van der Waals surface area (Å²) < 4.78 is 1.59. The Morgan fingerprint density at radius 1 is 1.43 bits per heavy atom. The fraction of sp³-hybridized carbons (Fsp3) is 0.312. The first-order valence-electron chi connectivity index (χ1n) is 7.19. The summed E-state index contributed by atoms with van der Waals surface area (Å²) in [6.07, 6.45) is 8.73. The molecule has 3 rings (SSSR count). The van der Waals surface area contributed by atoms with Crippen LogP contribution in [0, 0.1) is 5.92 Å². The smallest absolute Gasteiger partial charge is 0.218 e. The number of nitrogens with zero attached hydrogens (tertiary/aromatic N) is 4. The van der Waals surface area contributed by atoms with Gasteiger partial charge in [-0.25, -0.2) is 4.99 Å². The van der Waals surface area contributed by atoms with E-state index in [2.05, 4.69) is 40.5 Å². The van der Waals surface area contributed by atoms with E-state index in [9.17, 15) is 0 Å². The molecule has 108 valence electrons. The molecule has 0 fully saturated rings. The fourth-order valence-electron chi connectivity index (χ4n) is 2.38. The van der Waals surface area contributed by atoms with Crippen molar-refractivity contribution in [1.29, 1.82) is 0 Å². The van der Waals surface area contributed by atoms with Gasteiger partial charge in [-0.2, -0.15) is 4.68 Å². The molecule has 5 nitrogen and oxygen atoms in total. The number of benzene rings is 1. The van der Waals surface area contributed by atoms with Gasteiger partial charge in [-0.15, -0.1) is 5.10 Å². The van der Waals surface area contributed by atoms with Crippen LogP contribution in [0.3, 0.4) is 0 Å². The average Bonchev–Trinajstić information content (AvgIpc) is 2.82. The number of nitrogens with two attached hydrogens (primary N) is 1. The molecular formula is C16H19N5. The third kappa shape index (κ3) is 3.02. The molecule has 0 radical (unpaired) electrons. The van der Waals surface area contributed by atoms with Gasteiger partial charge in [-0.3, -0.25) is 0 Å². The predicted octanol–water partition coefficient (Wildman–Crippen LogP) is 2.51. The van der Waals surface area contributed by atoms with Gasteiger partial charge in [0, 0.05) is 0 Å². The monoisotopic (exact) mass is 281 g/mol. The first-order valence-corrected chi connectivity index (χ1v) is 7.19. The van der Waals surface area contributed by atoms with Crippen molar-refractivity contribution >= 4 is 17.0 Å². The second kappa shape index (κ2) is 5.91. The lowest BCUT2D eigenvalue weighted by Gasteiger charge is -2.03. The third-order valence-electron chi connectivity index (χ3n) is 3.64. The molecule has 0 amide bonds. The van der Waals surface area contributed by atoms with Crippen molar-refractivity contribution in [3.05, 3.63) is 48.1 Å². The highest BCUT2D eigenvalue weighted by Gasteiger charge is 2.07. The van der Waals surface area contributed by atoms with Crippen LogP contribution in [-0.4, -0.2) is 27.5 Å². The Hall–Kier alpha value is -2.43. The van der Waals surface area contributed by atoms with Crippen molar-refractivity contribution in [1.82, 2.24) is 15.0 Å². The number of hydrogen-bond acceptors (Lipinski definition) is 3. The van der Waals surface area contributed by atoms with Crippen LogP contribution in [0.2, 0.25) is 0 Å². The maximum Gasteiger partial charge on any atom is 0.218 e. The molecule has 1 aliphatic rings. The summed E-state index contributed by atoms with van der Waals surface area (Å²) in [6, 6.07) is 7.72. The van der Waals surface area contributed by atoms with Crippen molar-refractivity contribution in [3.63, 3.8) is 0 Å². The quantitative estimate of drug-likeness (QED) is 0.522. The molecule has 0 bridgehead atoms. The molecule has 2 aromatic rings. The Balaban J connectivity index is 1.79. The number of rotatable bonds is 2. The third-order valence-corrected chi connectivity index (χ3v) is 3.64. The molecule has 0 saturated heterocycles. The van der Waals surface area contributed by atoms with Crippen LogP contribution in [0.25, 0.3) is 11.0 Å². The zero-order chi connectivity index (χ0) is 14.7. The molecule has 21 heavy (non-hydrogen) atoms. The van der Waals surface area contributed by atoms with Crippen molar-refractivity contribution in [2.45, 2.75) is 19.8 Å². The van der Waals surface area contributed by atoms with Crippen LogP contribution in [0.1, 0.15) is 19.8 Å². The summed E-state index contributed by atoms with van der Waals surface area (Å²) in [5.41, 5.74) is 9.05. The average molecular weight is 281 g/mol. The fourth-order valence-corrected chi connectivity index (χ4v) is 2.38. The first kappa shape index (κ1) is 13.5. The Labute approximate surface area is 123 Å². The molecule has 2 N–H and O–H groups in total. The van der Waals surface area contributed by atoms with E-state index in [4.69, 9.17) is 5.73 Å². The van der Waals surface area contributed by atoms with Gasteiger partial charge >= 0.3 is 0 Å². The van der Waals surface area contributed by atoms with Crippen molar-refractivity contribution in [2.24, 2.45) is 16.6 Å². The lowest BCUT2D eigenvalue weighted by Crippen LogP contribution is -2.24. The molecule has 1 aliphatic carbocycles. The van der Waals surface area contributed by atoms with E-state index in [0.29, 0.717) is 18.4 Å². The minimum atomic E-state index is 0.380. The summed E-state index contributed by atoms with van der Waals surface area (Å²) in [5, 5.41) is 8.15. The van der Waals surface area contributed by atoms with E-state index in [1.165, 1.54) is 5.57 Å². The summed E-state index contributed by atoms with van der Waals surface area (Å²) in [5.74, 6) is 0.981. The number of fused-ring (bicyclic) bond motifs is 1. The second-order valence-electron chi connectivity index (χ2n) is 5.37. The lowest BCUT2D eigenvalue weighted by molar-refractivity contribution is 0.745. The van der Waals surface area contributed by atoms with E-state index in [1.54, 1.807) is 4.68 Å². The van der Waals surface area contributed by atoms with E-state index in [-0.39, 0.29) is 0 Å². The molecule has 1 aromatic carbocycles. The molecule has 1 atom stereocenters. The van der Waals surface area contributed by atoms with E-state index in [0.717, 1.165) is 23.9 Å². The predicted molar refractivity (Wildman–Crippen MR) is 85.0 cm³/mol. The van der Waals surface area contributed by atoms with Crippen LogP contribution in [0.4, 0.5) is 0 Å². The molecule has 1 heterocycles. The summed E-state index contributed by atoms with van der Waals surface area (Å²) in [4.78, 5) is 4.46. The van der Waals surface area contributed by atoms with Gasteiger partial charge in [0.05, 0.1) is 12.1 Å². The van der Waals surface area contributed by atoms with Gasteiger partial charge in [0.25, 0.3) is 0 Å². The first-order chi connectivity index (χ1) is 10.2. The van der Waals surface area contributed by atoms with Crippen molar-refractivity contribution < 1.29 is 0 Å². The van der Waals surface area contributed by atoms with E-state index >= 15 is 0 Å². The molecule has 1 unspecified atom stereocenters. The number of hydrogen-bond donors (Lipinski definition) is 1. The maximum absolute atomic E-state index is 6.05. The van der Waals surface area contributed by atoms with Crippen LogP contribution in [0.5, 0.6) is 0 Å². The Morgan fingerprint density at radius 2 is 2.29 bits per heavy atom. The van der Waals surface area contributed by atoms with Gasteiger partial charge in [-0.1, -0.05) is 42.5 Å². The molecule has 5 heteroatoms. The van der Waals surface area contributed by atoms with Gasteiger partial charge < -0.3 is 5.73 Å². The standard InChI is InChI=1S/C16H19N5/c1-12-5-4-6-13(10-9-12)11-18-16(17)21-15-8-3-2-7-14(15)19-20-21/h2-5,7-8,10,12H,6,9,11H2,1H3,(H2,17,18). The number of aromatic nitrogens is 3. The minimum absolute atomic E-state index is 0.380. The van der Waals surface area contributed by atoms with E-state index in [1.807, 2.05) is 24.3 Å². The topological polar surface area (TPSA) is 69.1 Å². The zero-order valence-electron chi connectivity index (χ0n) is 12.1. The Bertz CT molecular complexity index is 723. The zero-order valence-corrected chi connectivity index (χ0v) is 12.1. The summed E-state index contributed by atoms with van der Waals surface area (Å²) in [7, 11) is 0. The van der Waals surface area contributed by atoms with Gasteiger partial charge in [-0.05, 0) is 36.5 Å². The van der Waals surface area contributed by atoms with Crippen LogP contribution < -0.4 is 5.73 Å². The number of aliphatic imine (C=N–C) groups is 1. The van der Waals surface area contributed by atoms with Crippen molar-refractivity contribution in [3.8, 4) is 0 Å². The van der Waals surface area contributed by atoms with Crippen molar-refractivity contribution in [2.75, 3.05) is 6.54 Å². The Kier molecular flexibility index (Phi) is 3.81. The normalized spacial score (nSPS) is 19.6. The van der Waals surface area contributed by atoms with Gasteiger partial charge in [0.2, 0.25) is 5.96 Å². The Morgan fingerprint density at radius 3 is 3.19 bits per heavy atom. The second-order valence-corrected chi connectivity index (χ2v) is 5.37. The number of allylic oxidation sites excluding steroid dienone is 3. The highest BCUT2D eigenvalue weighted by molar-refractivity contribution is 5.89. The van der Waals surface area contributed by atoms with Crippen LogP contribution in [-0.2, 0) is 0 Å². The summed E-state index contributed by atoms with van der Waals surface area (Å²) >= 11 is 0. The van der Waals surface area contributed by atoms with Gasteiger partial charge in [0.15, 0.2) is 0 Å². The minimum Gasteiger partial charge on any atom is -0.368 e. The lowest BCUT2D eigenvalue weighted by atomic mass is 10.1.